The largest absolute Gasteiger partial charge is 0.313 e. The van der Waals surface area contributed by atoms with Crippen molar-refractivity contribution in [2.75, 3.05) is 0 Å². The number of hydrogen-bond donors (Lipinski definition) is 2. The van der Waals surface area contributed by atoms with E-state index in [0.29, 0.717) is 23.7 Å². The van der Waals surface area contributed by atoms with Crippen molar-refractivity contribution < 1.29 is 10.4 Å². The summed E-state index contributed by atoms with van der Waals surface area (Å²) in [7, 11) is 0. The number of hydroxylamine groups is 4. The lowest BCUT2D eigenvalue weighted by Gasteiger charge is -2.50. The number of nitrogens with zero attached hydrogens (tertiary/aromatic N) is 2. The summed E-state index contributed by atoms with van der Waals surface area (Å²) in [4.78, 5) is 0. The second-order valence-corrected chi connectivity index (χ2v) is 11.1. The molecule has 154 valence electrons. The molecule has 0 radical (unpaired) electrons. The van der Waals surface area contributed by atoms with Crippen molar-refractivity contribution in [1.29, 1.82) is 0 Å². The van der Waals surface area contributed by atoms with Crippen LogP contribution in [0, 0.1) is 23.7 Å². The Morgan fingerprint density at radius 2 is 1.04 bits per heavy atom. The molecule has 4 nitrogen and oxygen atoms in total. The van der Waals surface area contributed by atoms with E-state index in [4.69, 9.17) is 0 Å². The predicted molar refractivity (Wildman–Crippen MR) is 107 cm³/mol. The highest BCUT2D eigenvalue weighted by Crippen LogP contribution is 2.42. The van der Waals surface area contributed by atoms with Gasteiger partial charge in [-0.05, 0) is 77.0 Å². The van der Waals surface area contributed by atoms with E-state index in [-0.39, 0.29) is 23.2 Å². The molecule has 4 unspecified atom stereocenters. The van der Waals surface area contributed by atoms with Crippen LogP contribution in [0.2, 0.25) is 0 Å². The van der Waals surface area contributed by atoms with Gasteiger partial charge in [-0.15, -0.1) is 0 Å². The molecule has 0 aromatic carbocycles. The molecule has 2 saturated heterocycles. The Morgan fingerprint density at radius 1 is 0.731 bits per heavy atom. The summed E-state index contributed by atoms with van der Waals surface area (Å²) in [6.45, 7) is 17.6. The van der Waals surface area contributed by atoms with Gasteiger partial charge in [-0.2, -0.15) is 10.1 Å². The smallest absolute Gasteiger partial charge is 0.0410 e. The van der Waals surface area contributed by atoms with Crippen LogP contribution in [-0.4, -0.2) is 43.7 Å². The fourth-order valence-electron chi connectivity index (χ4n) is 5.57. The molecule has 4 atom stereocenters. The third kappa shape index (κ3) is 4.81. The van der Waals surface area contributed by atoms with Crippen LogP contribution in [0.4, 0.5) is 0 Å². The molecular formula is C22H44N2O2. The zero-order valence-electron chi connectivity index (χ0n) is 18.5. The highest BCUT2D eigenvalue weighted by Gasteiger charge is 2.43. The molecule has 0 aromatic rings. The van der Waals surface area contributed by atoms with Gasteiger partial charge in [0.25, 0.3) is 0 Å². The Bertz CT molecular complexity index is 419. The molecule has 2 rings (SSSR count). The molecule has 2 N–H and O–H groups in total. The average molecular weight is 369 g/mol. The first kappa shape index (κ1) is 22.1. The number of piperidine rings is 2. The number of rotatable bonds is 5. The molecular weight excluding hydrogens is 324 g/mol. The van der Waals surface area contributed by atoms with Gasteiger partial charge in [-0.3, -0.25) is 0 Å². The van der Waals surface area contributed by atoms with Crippen molar-refractivity contribution in [2.24, 2.45) is 23.7 Å². The summed E-state index contributed by atoms with van der Waals surface area (Å²) in [6, 6.07) is 0.533. The molecule has 0 amide bonds. The van der Waals surface area contributed by atoms with Gasteiger partial charge in [0, 0.05) is 23.2 Å². The minimum absolute atomic E-state index is 0.133. The third-order valence-electron chi connectivity index (χ3n) is 7.12. The van der Waals surface area contributed by atoms with Gasteiger partial charge in [0.1, 0.15) is 0 Å². The van der Waals surface area contributed by atoms with Crippen LogP contribution in [0.25, 0.3) is 0 Å². The lowest BCUT2D eigenvalue weighted by molar-refractivity contribution is -0.233. The summed E-state index contributed by atoms with van der Waals surface area (Å²) in [6.07, 6.45) is 6.85. The minimum Gasteiger partial charge on any atom is -0.313 e. The van der Waals surface area contributed by atoms with Gasteiger partial charge in [0.2, 0.25) is 0 Å². The maximum Gasteiger partial charge on any atom is 0.0410 e. The molecule has 0 bridgehead atoms. The lowest BCUT2D eigenvalue weighted by atomic mass is 9.72. The van der Waals surface area contributed by atoms with Gasteiger partial charge in [-0.25, -0.2) is 0 Å². The van der Waals surface area contributed by atoms with Crippen LogP contribution in [0.5, 0.6) is 0 Å². The summed E-state index contributed by atoms with van der Waals surface area (Å²) < 4.78 is 0. The highest BCUT2D eigenvalue weighted by atomic mass is 16.5. The summed E-state index contributed by atoms with van der Waals surface area (Å²) in [5.74, 6) is 2.33. The van der Waals surface area contributed by atoms with Crippen LogP contribution >= 0.6 is 0 Å². The van der Waals surface area contributed by atoms with E-state index in [1.165, 1.54) is 12.8 Å². The van der Waals surface area contributed by atoms with Crippen molar-refractivity contribution in [3.63, 3.8) is 0 Å². The Kier molecular flexibility index (Phi) is 6.86. The van der Waals surface area contributed by atoms with Crippen molar-refractivity contribution in [3.8, 4) is 0 Å². The van der Waals surface area contributed by atoms with E-state index >= 15 is 0 Å². The third-order valence-corrected chi connectivity index (χ3v) is 7.12. The van der Waals surface area contributed by atoms with Gasteiger partial charge in [0.05, 0.1) is 0 Å². The molecule has 0 aliphatic carbocycles. The second kappa shape index (κ2) is 8.06. The Hall–Kier alpha value is -0.160. The molecule has 0 spiro atoms. The van der Waals surface area contributed by atoms with E-state index in [1.54, 1.807) is 10.1 Å². The molecule has 0 aromatic heterocycles. The van der Waals surface area contributed by atoms with Crippen LogP contribution in [0.15, 0.2) is 0 Å². The molecule has 2 aliphatic rings. The molecule has 26 heavy (non-hydrogen) atoms. The molecule has 4 heteroatoms. The summed E-state index contributed by atoms with van der Waals surface area (Å²) in [5, 5.41) is 24.5. The second-order valence-electron chi connectivity index (χ2n) is 11.1. The van der Waals surface area contributed by atoms with E-state index in [2.05, 4.69) is 55.4 Å². The first-order valence-electron chi connectivity index (χ1n) is 10.8. The van der Waals surface area contributed by atoms with Crippen LogP contribution < -0.4 is 0 Å². The zero-order chi connectivity index (χ0) is 19.9. The predicted octanol–water partition coefficient (Wildman–Crippen LogP) is 5.58. The fraction of sp³-hybridized carbons (Fsp3) is 1.00. The Morgan fingerprint density at radius 3 is 1.31 bits per heavy atom. The molecule has 2 aliphatic heterocycles. The van der Waals surface area contributed by atoms with Crippen LogP contribution in [0.3, 0.4) is 0 Å². The normalized spacial score (nSPS) is 36.0. The van der Waals surface area contributed by atoms with Gasteiger partial charge in [0.15, 0.2) is 0 Å². The molecule has 0 saturated carbocycles. The lowest BCUT2D eigenvalue weighted by Crippen LogP contribution is -2.56. The highest BCUT2D eigenvalue weighted by molar-refractivity contribution is 4.94. The molecule has 2 fully saturated rings. The zero-order valence-corrected chi connectivity index (χ0v) is 18.5. The number of hydrogen-bond acceptors (Lipinski definition) is 4. The van der Waals surface area contributed by atoms with Gasteiger partial charge in [-0.1, -0.05) is 40.5 Å². The first-order chi connectivity index (χ1) is 11.8. The Labute approximate surface area is 161 Å². The van der Waals surface area contributed by atoms with E-state index in [1.807, 2.05) is 0 Å². The molecule has 2 heterocycles. The quantitative estimate of drug-likeness (QED) is 0.665. The fourth-order valence-corrected chi connectivity index (χ4v) is 5.57. The van der Waals surface area contributed by atoms with Crippen LogP contribution in [-0.2, 0) is 0 Å². The van der Waals surface area contributed by atoms with E-state index < -0.39 is 0 Å². The Balaban J connectivity index is 1.99. The van der Waals surface area contributed by atoms with E-state index in [9.17, 15) is 10.4 Å². The van der Waals surface area contributed by atoms with E-state index in [0.717, 1.165) is 25.7 Å². The summed E-state index contributed by atoms with van der Waals surface area (Å²) >= 11 is 0. The first-order valence-corrected chi connectivity index (χ1v) is 10.8. The van der Waals surface area contributed by atoms with Crippen LogP contribution in [0.1, 0.15) is 93.9 Å². The average Bonchev–Trinajstić information content (AvgIpc) is 2.50. The maximum atomic E-state index is 10.6. The van der Waals surface area contributed by atoms with Gasteiger partial charge >= 0.3 is 0 Å². The van der Waals surface area contributed by atoms with Gasteiger partial charge < -0.3 is 10.4 Å². The summed E-state index contributed by atoms with van der Waals surface area (Å²) in [5.41, 5.74) is -0.266. The standard InChI is InChI=1S/C22H44N2O2/c1-15(2)19-11-17(13-21(5,6)23(19)25)9-10-18-12-20(16(3)4)24(26)22(7,8)14-18/h15-20,25-26H,9-14H2,1-8H3. The minimum atomic E-state index is -0.133. The van der Waals surface area contributed by atoms with Crippen molar-refractivity contribution in [1.82, 2.24) is 10.1 Å². The SMILES string of the molecule is CC(C)C1CC(CCC2CC(C(C)C)N(O)C(C)(C)C2)CC(C)(C)N1O. The van der Waals surface area contributed by atoms with Crippen molar-refractivity contribution >= 4 is 0 Å². The van der Waals surface area contributed by atoms with Crippen molar-refractivity contribution in [3.05, 3.63) is 0 Å². The topological polar surface area (TPSA) is 46.9 Å². The monoisotopic (exact) mass is 368 g/mol. The van der Waals surface area contributed by atoms with Crippen molar-refractivity contribution in [2.45, 2.75) is 117 Å². The maximum absolute atomic E-state index is 10.6.